The molecule has 0 unspecified atom stereocenters. The molecule has 1 saturated carbocycles. The number of benzene rings is 1. The maximum Gasteiger partial charge on any atom is 0.332 e. The first-order valence-electron chi connectivity index (χ1n) is 9.98. The van der Waals surface area contributed by atoms with Gasteiger partial charge in [0.1, 0.15) is 18.0 Å². The van der Waals surface area contributed by atoms with Gasteiger partial charge >= 0.3 is 11.9 Å². The number of ether oxygens (including phenoxy) is 4. The molecule has 1 aromatic rings. The van der Waals surface area contributed by atoms with Crippen molar-refractivity contribution in [1.82, 2.24) is 0 Å². The molecule has 1 aliphatic carbocycles. The van der Waals surface area contributed by atoms with Crippen LogP contribution in [-0.4, -0.2) is 36.9 Å². The molecule has 0 spiro atoms. The van der Waals surface area contributed by atoms with Crippen molar-refractivity contribution in [3.63, 3.8) is 0 Å². The molecule has 6 nitrogen and oxygen atoms in total. The van der Waals surface area contributed by atoms with Gasteiger partial charge in [0, 0.05) is 0 Å². The van der Waals surface area contributed by atoms with Crippen molar-refractivity contribution in [2.45, 2.75) is 71.7 Å². The summed E-state index contributed by atoms with van der Waals surface area (Å²) >= 11 is 0. The molecule has 1 aromatic carbocycles. The minimum Gasteiger partial charge on any atom is -0.490 e. The van der Waals surface area contributed by atoms with Crippen LogP contribution in [0.5, 0.6) is 5.75 Å². The van der Waals surface area contributed by atoms with Crippen LogP contribution >= 0.6 is 0 Å². The molecule has 0 saturated heterocycles. The number of carbonyl (C=O) groups excluding carboxylic acids is 2. The first-order chi connectivity index (χ1) is 13.3. The third-order valence-corrected chi connectivity index (χ3v) is 4.41. The summed E-state index contributed by atoms with van der Waals surface area (Å²) in [6, 6.07) is 7.67. The van der Waals surface area contributed by atoms with Gasteiger partial charge in [-0.05, 0) is 71.1 Å². The van der Waals surface area contributed by atoms with Crippen LogP contribution in [0.3, 0.4) is 0 Å². The smallest absolute Gasteiger partial charge is 0.332 e. The van der Waals surface area contributed by atoms with Crippen LogP contribution in [0.25, 0.3) is 0 Å². The monoisotopic (exact) mass is 392 g/mol. The van der Waals surface area contributed by atoms with Crippen molar-refractivity contribution in [3.05, 3.63) is 29.8 Å². The summed E-state index contributed by atoms with van der Waals surface area (Å²) in [6.45, 7) is 8.05. The van der Waals surface area contributed by atoms with Gasteiger partial charge in [0.05, 0.1) is 25.2 Å². The lowest BCUT2D eigenvalue weighted by Gasteiger charge is -2.30. The quantitative estimate of drug-likeness (QED) is 0.622. The molecule has 0 N–H and O–H groups in total. The predicted octanol–water partition coefficient (Wildman–Crippen LogP) is 4.05. The second kappa shape index (κ2) is 10.5. The fourth-order valence-corrected chi connectivity index (χ4v) is 3.16. The molecule has 0 heterocycles. The zero-order valence-corrected chi connectivity index (χ0v) is 17.4. The molecule has 0 amide bonds. The summed E-state index contributed by atoms with van der Waals surface area (Å²) in [5.74, 6) is 0.267. The lowest BCUT2D eigenvalue weighted by Crippen LogP contribution is -2.33. The van der Waals surface area contributed by atoms with E-state index in [1.165, 1.54) is 0 Å². The molecule has 0 atom stereocenters. The van der Waals surface area contributed by atoms with Crippen molar-refractivity contribution in [3.8, 4) is 5.75 Å². The Morgan fingerprint density at radius 1 is 1.11 bits per heavy atom. The summed E-state index contributed by atoms with van der Waals surface area (Å²) in [6.07, 6.45) is 3.31. The van der Waals surface area contributed by atoms with E-state index in [1.54, 1.807) is 6.92 Å². The van der Waals surface area contributed by atoms with Gasteiger partial charge in [-0.15, -0.1) is 0 Å². The predicted molar refractivity (Wildman–Crippen MR) is 105 cm³/mol. The van der Waals surface area contributed by atoms with Crippen molar-refractivity contribution < 1.29 is 28.5 Å². The summed E-state index contributed by atoms with van der Waals surface area (Å²) in [4.78, 5) is 23.5. The van der Waals surface area contributed by atoms with Crippen LogP contribution in [0.1, 0.15) is 58.9 Å². The lowest BCUT2D eigenvalue weighted by molar-refractivity contribution is -0.161. The molecule has 0 aromatic heterocycles. The van der Waals surface area contributed by atoms with Gasteiger partial charge in [0.2, 0.25) is 0 Å². The highest BCUT2D eigenvalue weighted by Gasteiger charge is 2.30. The Hall–Kier alpha value is -2.08. The summed E-state index contributed by atoms with van der Waals surface area (Å²) in [5.41, 5.74) is 0.490. The van der Waals surface area contributed by atoms with E-state index in [0.29, 0.717) is 13.2 Å². The Kier molecular flexibility index (Phi) is 8.30. The van der Waals surface area contributed by atoms with Gasteiger partial charge < -0.3 is 18.9 Å². The number of rotatable bonds is 8. The van der Waals surface area contributed by atoms with E-state index in [4.69, 9.17) is 18.9 Å². The summed E-state index contributed by atoms with van der Waals surface area (Å²) in [7, 11) is 0. The first kappa shape index (κ1) is 22.2. The Morgan fingerprint density at radius 3 is 2.46 bits per heavy atom. The number of carbonyl (C=O) groups is 2. The van der Waals surface area contributed by atoms with Crippen LogP contribution in [0.15, 0.2) is 24.3 Å². The van der Waals surface area contributed by atoms with Crippen molar-refractivity contribution in [2.24, 2.45) is 5.92 Å². The Labute approximate surface area is 167 Å². The van der Waals surface area contributed by atoms with Gasteiger partial charge in [0.25, 0.3) is 0 Å². The minimum atomic E-state index is -0.444. The second-order valence-electron chi connectivity index (χ2n) is 8.07. The van der Waals surface area contributed by atoms with E-state index in [-0.39, 0.29) is 30.6 Å². The normalized spacial score (nSPS) is 19.7. The van der Waals surface area contributed by atoms with E-state index in [0.717, 1.165) is 37.0 Å². The fraction of sp³-hybridized carbons (Fsp3) is 0.636. The van der Waals surface area contributed by atoms with Gasteiger partial charge in [-0.1, -0.05) is 12.1 Å². The van der Waals surface area contributed by atoms with E-state index >= 15 is 0 Å². The van der Waals surface area contributed by atoms with Crippen LogP contribution < -0.4 is 4.74 Å². The van der Waals surface area contributed by atoms with Crippen LogP contribution in [0, 0.1) is 5.92 Å². The largest absolute Gasteiger partial charge is 0.490 e. The molecule has 0 aliphatic heterocycles. The van der Waals surface area contributed by atoms with E-state index < -0.39 is 5.60 Å². The highest BCUT2D eigenvalue weighted by molar-refractivity contribution is 5.73. The fourth-order valence-electron chi connectivity index (χ4n) is 3.16. The summed E-state index contributed by atoms with van der Waals surface area (Å²) < 4.78 is 21.8. The van der Waals surface area contributed by atoms with Gasteiger partial charge in [-0.2, -0.15) is 0 Å². The molecule has 156 valence electrons. The molecule has 0 bridgehead atoms. The Balaban J connectivity index is 1.77. The van der Waals surface area contributed by atoms with E-state index in [1.807, 2.05) is 45.0 Å². The maximum atomic E-state index is 12.2. The Bertz CT molecular complexity index is 641. The van der Waals surface area contributed by atoms with Gasteiger partial charge in [-0.3, -0.25) is 4.79 Å². The van der Waals surface area contributed by atoms with Crippen molar-refractivity contribution >= 4 is 11.9 Å². The molecule has 1 aliphatic rings. The van der Waals surface area contributed by atoms with Crippen LogP contribution in [0.2, 0.25) is 0 Å². The SMILES string of the molecule is CCOC(=O)COCc1cccc(O[C@H]2CC[C@H](C(=O)OC(C)(C)C)CC2)c1. The Morgan fingerprint density at radius 2 is 1.82 bits per heavy atom. The van der Waals surface area contributed by atoms with Gasteiger partial charge in [0.15, 0.2) is 0 Å². The number of hydrogen-bond donors (Lipinski definition) is 0. The van der Waals surface area contributed by atoms with Crippen LogP contribution in [-0.2, 0) is 30.4 Å². The number of hydrogen-bond acceptors (Lipinski definition) is 6. The maximum absolute atomic E-state index is 12.2. The van der Waals surface area contributed by atoms with Crippen molar-refractivity contribution in [2.75, 3.05) is 13.2 Å². The molecule has 2 rings (SSSR count). The van der Waals surface area contributed by atoms with Gasteiger partial charge in [-0.25, -0.2) is 4.79 Å². The molecule has 28 heavy (non-hydrogen) atoms. The zero-order valence-electron chi connectivity index (χ0n) is 17.4. The second-order valence-corrected chi connectivity index (χ2v) is 8.07. The highest BCUT2D eigenvalue weighted by atomic mass is 16.6. The topological polar surface area (TPSA) is 71.1 Å². The third kappa shape index (κ3) is 7.89. The first-order valence-corrected chi connectivity index (χ1v) is 9.98. The third-order valence-electron chi connectivity index (χ3n) is 4.41. The standard InChI is InChI=1S/C22H32O6/c1-5-26-20(23)15-25-14-16-7-6-8-19(13-16)27-18-11-9-17(10-12-18)21(24)28-22(2,3)4/h6-8,13,17-18H,5,9-12,14-15H2,1-4H3/t17-,18-. The molecule has 0 radical (unpaired) electrons. The van der Waals surface area contributed by atoms with Crippen molar-refractivity contribution in [1.29, 1.82) is 0 Å². The van der Waals surface area contributed by atoms with E-state index in [9.17, 15) is 9.59 Å². The average molecular weight is 392 g/mol. The highest BCUT2D eigenvalue weighted by Crippen LogP contribution is 2.30. The van der Waals surface area contributed by atoms with E-state index in [2.05, 4.69) is 0 Å². The molecule has 6 heteroatoms. The molecular weight excluding hydrogens is 360 g/mol. The lowest BCUT2D eigenvalue weighted by atomic mass is 9.87. The zero-order chi connectivity index (χ0) is 20.6. The molecular formula is C22H32O6. The van der Waals surface area contributed by atoms with Crippen LogP contribution in [0.4, 0.5) is 0 Å². The average Bonchev–Trinajstić information content (AvgIpc) is 2.61. The summed E-state index contributed by atoms with van der Waals surface area (Å²) in [5, 5.41) is 0. The molecule has 1 fully saturated rings. The number of esters is 2. The minimum absolute atomic E-state index is 0.0401.